The summed E-state index contributed by atoms with van der Waals surface area (Å²) < 4.78 is 5.40. The molecule has 1 aliphatic rings. The summed E-state index contributed by atoms with van der Waals surface area (Å²) in [5.41, 5.74) is 2.39. The van der Waals surface area contributed by atoms with E-state index < -0.39 is 0 Å². The third kappa shape index (κ3) is 2.43. The lowest BCUT2D eigenvalue weighted by atomic mass is 10.1. The van der Waals surface area contributed by atoms with E-state index in [1.807, 2.05) is 25.1 Å². The Morgan fingerprint density at radius 1 is 1.19 bits per heavy atom. The zero-order valence-corrected chi connectivity index (χ0v) is 9.95. The van der Waals surface area contributed by atoms with Gasteiger partial charge in [0.25, 0.3) is 0 Å². The molecular weight excluding hydrogens is 200 g/mol. The van der Waals surface area contributed by atoms with Crippen LogP contribution in [0.25, 0.3) is 0 Å². The molecule has 86 valence electrons. The fourth-order valence-corrected chi connectivity index (χ4v) is 2.14. The highest BCUT2D eigenvalue weighted by Crippen LogP contribution is 2.27. The molecule has 2 heteroatoms. The van der Waals surface area contributed by atoms with Crippen molar-refractivity contribution in [2.24, 2.45) is 5.92 Å². The molecule has 0 radical (unpaired) electrons. The molecule has 1 aromatic carbocycles. The first-order valence-corrected chi connectivity index (χ1v) is 5.96. The van der Waals surface area contributed by atoms with Crippen LogP contribution >= 0.6 is 0 Å². The Balaban J connectivity index is 2.02. The molecule has 0 aromatic heterocycles. The Labute approximate surface area is 96.6 Å². The van der Waals surface area contributed by atoms with E-state index in [0.29, 0.717) is 5.75 Å². The molecule has 0 N–H and O–H groups in total. The van der Waals surface area contributed by atoms with Crippen molar-refractivity contribution < 1.29 is 9.53 Å². The molecule has 0 aliphatic heterocycles. The highest BCUT2D eigenvalue weighted by atomic mass is 16.5. The molecule has 2 nitrogen and oxygen atoms in total. The van der Waals surface area contributed by atoms with Gasteiger partial charge < -0.3 is 4.74 Å². The number of benzene rings is 1. The molecular formula is C14H18O2. The SMILES string of the molecule is Cc1ccc(OC(=O)C2CCCC2)cc1C. The van der Waals surface area contributed by atoms with Gasteiger partial charge in [0.1, 0.15) is 5.75 Å². The maximum atomic E-state index is 11.8. The molecule has 0 heterocycles. The lowest BCUT2D eigenvalue weighted by Gasteiger charge is -2.10. The summed E-state index contributed by atoms with van der Waals surface area (Å²) in [5.74, 6) is 0.752. The number of carbonyl (C=O) groups is 1. The van der Waals surface area contributed by atoms with E-state index in [1.54, 1.807) is 0 Å². The Kier molecular flexibility index (Phi) is 3.28. The molecule has 1 aromatic rings. The van der Waals surface area contributed by atoms with Crippen LogP contribution in [0, 0.1) is 19.8 Å². The van der Waals surface area contributed by atoms with Crippen molar-refractivity contribution in [1.82, 2.24) is 0 Å². The summed E-state index contributed by atoms with van der Waals surface area (Å²) in [7, 11) is 0. The minimum absolute atomic E-state index is 0.0549. The first-order valence-electron chi connectivity index (χ1n) is 5.96. The van der Waals surface area contributed by atoms with E-state index in [9.17, 15) is 4.79 Å². The fourth-order valence-electron chi connectivity index (χ4n) is 2.14. The van der Waals surface area contributed by atoms with Crippen molar-refractivity contribution >= 4 is 5.97 Å². The normalized spacial score (nSPS) is 16.4. The van der Waals surface area contributed by atoms with Gasteiger partial charge >= 0.3 is 5.97 Å². The number of aryl methyl sites for hydroxylation is 2. The molecule has 0 unspecified atom stereocenters. The first-order chi connectivity index (χ1) is 7.66. The van der Waals surface area contributed by atoms with Gasteiger partial charge in [-0.25, -0.2) is 0 Å². The fraction of sp³-hybridized carbons (Fsp3) is 0.500. The molecule has 0 bridgehead atoms. The first kappa shape index (κ1) is 11.2. The van der Waals surface area contributed by atoms with Crippen molar-refractivity contribution in [2.45, 2.75) is 39.5 Å². The van der Waals surface area contributed by atoms with E-state index in [1.165, 1.54) is 5.56 Å². The maximum absolute atomic E-state index is 11.8. The van der Waals surface area contributed by atoms with Gasteiger partial charge in [0.05, 0.1) is 5.92 Å². The lowest BCUT2D eigenvalue weighted by molar-refractivity contribution is -0.138. The van der Waals surface area contributed by atoms with Crippen molar-refractivity contribution in [3.63, 3.8) is 0 Å². The van der Waals surface area contributed by atoms with Gasteiger partial charge in [-0.15, -0.1) is 0 Å². The zero-order chi connectivity index (χ0) is 11.5. The zero-order valence-electron chi connectivity index (χ0n) is 9.95. The molecule has 0 spiro atoms. The van der Waals surface area contributed by atoms with E-state index >= 15 is 0 Å². The van der Waals surface area contributed by atoms with Crippen LogP contribution in [-0.2, 0) is 4.79 Å². The molecule has 16 heavy (non-hydrogen) atoms. The molecule has 0 saturated heterocycles. The van der Waals surface area contributed by atoms with Crippen LogP contribution in [0.15, 0.2) is 18.2 Å². The van der Waals surface area contributed by atoms with E-state index in [4.69, 9.17) is 4.74 Å². The quantitative estimate of drug-likeness (QED) is 0.561. The van der Waals surface area contributed by atoms with Gasteiger partial charge in [0, 0.05) is 0 Å². The van der Waals surface area contributed by atoms with Crippen LogP contribution in [0.5, 0.6) is 5.75 Å². The topological polar surface area (TPSA) is 26.3 Å². The monoisotopic (exact) mass is 218 g/mol. The van der Waals surface area contributed by atoms with Gasteiger partial charge in [0.2, 0.25) is 0 Å². The van der Waals surface area contributed by atoms with Gasteiger partial charge in [-0.2, -0.15) is 0 Å². The third-order valence-electron chi connectivity index (χ3n) is 3.39. The van der Waals surface area contributed by atoms with Crippen LogP contribution in [0.1, 0.15) is 36.8 Å². The molecule has 1 fully saturated rings. The summed E-state index contributed by atoms with van der Waals surface area (Å²) in [6, 6.07) is 5.80. The second-order valence-corrected chi connectivity index (χ2v) is 4.65. The van der Waals surface area contributed by atoms with Gasteiger partial charge in [-0.1, -0.05) is 18.9 Å². The number of esters is 1. The number of rotatable bonds is 2. The predicted molar refractivity (Wildman–Crippen MR) is 63.5 cm³/mol. The summed E-state index contributed by atoms with van der Waals surface area (Å²) in [4.78, 5) is 11.8. The Hall–Kier alpha value is -1.31. The smallest absolute Gasteiger partial charge is 0.314 e. The van der Waals surface area contributed by atoms with Crippen molar-refractivity contribution in [3.8, 4) is 5.75 Å². The summed E-state index contributed by atoms with van der Waals surface area (Å²) >= 11 is 0. The number of carbonyl (C=O) groups excluding carboxylic acids is 1. The number of hydrogen-bond donors (Lipinski definition) is 0. The standard InChI is InChI=1S/C14H18O2/c1-10-7-8-13(9-11(10)2)16-14(15)12-5-3-4-6-12/h7-9,12H,3-6H2,1-2H3. The minimum Gasteiger partial charge on any atom is -0.426 e. The Morgan fingerprint density at radius 2 is 1.88 bits per heavy atom. The second-order valence-electron chi connectivity index (χ2n) is 4.65. The summed E-state index contributed by atoms with van der Waals surface area (Å²) in [5, 5.41) is 0. The van der Waals surface area contributed by atoms with Crippen LogP contribution in [0.4, 0.5) is 0 Å². The van der Waals surface area contributed by atoms with Crippen LogP contribution < -0.4 is 4.74 Å². The van der Waals surface area contributed by atoms with Crippen molar-refractivity contribution in [3.05, 3.63) is 29.3 Å². The Bertz CT molecular complexity index is 390. The van der Waals surface area contributed by atoms with Crippen LogP contribution in [0.2, 0.25) is 0 Å². The highest BCUT2D eigenvalue weighted by molar-refractivity contribution is 5.75. The van der Waals surface area contributed by atoms with Gasteiger partial charge in [-0.3, -0.25) is 4.79 Å². The van der Waals surface area contributed by atoms with Crippen molar-refractivity contribution in [1.29, 1.82) is 0 Å². The number of ether oxygens (including phenoxy) is 1. The Morgan fingerprint density at radius 3 is 2.50 bits per heavy atom. The van der Waals surface area contributed by atoms with Gasteiger partial charge in [-0.05, 0) is 49.9 Å². The average Bonchev–Trinajstić information content (AvgIpc) is 2.77. The molecule has 1 aliphatic carbocycles. The molecule has 0 amide bonds. The largest absolute Gasteiger partial charge is 0.426 e. The van der Waals surface area contributed by atoms with E-state index in [0.717, 1.165) is 31.2 Å². The molecule has 0 atom stereocenters. The lowest BCUT2D eigenvalue weighted by Crippen LogP contribution is -2.17. The highest BCUT2D eigenvalue weighted by Gasteiger charge is 2.24. The van der Waals surface area contributed by atoms with E-state index in [2.05, 4.69) is 6.92 Å². The average molecular weight is 218 g/mol. The minimum atomic E-state index is -0.0549. The second kappa shape index (κ2) is 4.69. The van der Waals surface area contributed by atoms with Gasteiger partial charge in [0.15, 0.2) is 0 Å². The molecule has 1 saturated carbocycles. The third-order valence-corrected chi connectivity index (χ3v) is 3.39. The van der Waals surface area contributed by atoms with E-state index in [-0.39, 0.29) is 11.9 Å². The predicted octanol–water partition coefficient (Wildman–Crippen LogP) is 3.40. The van der Waals surface area contributed by atoms with Crippen LogP contribution in [0.3, 0.4) is 0 Å². The van der Waals surface area contributed by atoms with Crippen LogP contribution in [-0.4, -0.2) is 5.97 Å². The number of hydrogen-bond acceptors (Lipinski definition) is 2. The summed E-state index contributed by atoms with van der Waals surface area (Å²) in [6.45, 7) is 4.08. The summed E-state index contributed by atoms with van der Waals surface area (Å²) in [6.07, 6.45) is 4.30. The maximum Gasteiger partial charge on any atom is 0.314 e. The van der Waals surface area contributed by atoms with Crippen molar-refractivity contribution in [2.75, 3.05) is 0 Å². The molecule has 2 rings (SSSR count).